The number of imidazole rings is 1. The quantitative estimate of drug-likeness (QED) is 0.844. The van der Waals surface area contributed by atoms with Gasteiger partial charge in [-0.25, -0.2) is 4.98 Å². The van der Waals surface area contributed by atoms with Crippen LogP contribution in [0.15, 0.2) is 22.9 Å². The molecule has 1 spiro atoms. The minimum absolute atomic E-state index is 0.0662. The van der Waals surface area contributed by atoms with Crippen LogP contribution < -0.4 is 0 Å². The third-order valence-electron chi connectivity index (χ3n) is 6.92. The summed E-state index contributed by atoms with van der Waals surface area (Å²) < 4.78 is 5.66. The summed E-state index contributed by atoms with van der Waals surface area (Å²) in [6, 6.07) is 3.77. The molecule has 1 saturated carbocycles. The molecule has 1 saturated heterocycles. The number of amides is 1. The molecule has 1 amide bonds. The highest BCUT2D eigenvalue weighted by molar-refractivity contribution is 5.81. The second-order valence-electron chi connectivity index (χ2n) is 8.43. The molecule has 7 heteroatoms. The van der Waals surface area contributed by atoms with Crippen LogP contribution in [0.5, 0.6) is 0 Å². The van der Waals surface area contributed by atoms with E-state index in [4.69, 9.17) is 4.42 Å². The summed E-state index contributed by atoms with van der Waals surface area (Å²) in [5.41, 5.74) is 2.02. The van der Waals surface area contributed by atoms with Crippen molar-refractivity contribution in [3.05, 3.63) is 41.4 Å². The van der Waals surface area contributed by atoms with Crippen LogP contribution in [0, 0.1) is 5.92 Å². The Morgan fingerprint density at radius 2 is 2.04 bits per heavy atom. The van der Waals surface area contributed by atoms with Crippen molar-refractivity contribution in [3.8, 4) is 0 Å². The average Bonchev–Trinajstić information content (AvgIpc) is 3.32. The summed E-state index contributed by atoms with van der Waals surface area (Å²) in [5.74, 6) is 2.04. The van der Waals surface area contributed by atoms with Gasteiger partial charge in [-0.1, -0.05) is 6.42 Å². The maximum Gasteiger partial charge on any atom is 0.226 e. The Kier molecular flexibility index (Phi) is 4.51. The first-order valence-corrected chi connectivity index (χ1v) is 10.4. The molecule has 7 nitrogen and oxygen atoms in total. The van der Waals surface area contributed by atoms with E-state index >= 15 is 0 Å². The van der Waals surface area contributed by atoms with Crippen molar-refractivity contribution >= 4 is 5.91 Å². The SMILES string of the molecule is O=C(C1CCC1)N1CCc2[nH]cnc2C12CCN(Cc1ccc(CO)o1)CC2. The highest BCUT2D eigenvalue weighted by Gasteiger charge is 2.50. The fraction of sp³-hybridized carbons (Fsp3) is 0.619. The van der Waals surface area contributed by atoms with Gasteiger partial charge >= 0.3 is 0 Å². The van der Waals surface area contributed by atoms with Crippen molar-refractivity contribution in [2.75, 3.05) is 19.6 Å². The van der Waals surface area contributed by atoms with Gasteiger partial charge in [-0.15, -0.1) is 0 Å². The lowest BCUT2D eigenvalue weighted by molar-refractivity contribution is -0.149. The number of likely N-dealkylation sites (tertiary alicyclic amines) is 1. The Bertz CT molecular complexity index is 845. The molecule has 0 atom stereocenters. The van der Waals surface area contributed by atoms with Crippen molar-refractivity contribution in [1.82, 2.24) is 19.8 Å². The standard InChI is InChI=1S/C21H28N4O3/c26-13-17-5-4-16(28-17)12-24-10-7-21(8-11-24)19-18(22-14-23-19)6-9-25(21)20(27)15-2-1-3-15/h4-5,14-15,26H,1-3,6-13H2,(H,22,23). The monoisotopic (exact) mass is 384 g/mol. The highest BCUT2D eigenvalue weighted by Crippen LogP contribution is 2.44. The number of nitrogens with zero attached hydrogens (tertiary/aromatic N) is 3. The van der Waals surface area contributed by atoms with E-state index < -0.39 is 0 Å². The van der Waals surface area contributed by atoms with Crippen LogP contribution >= 0.6 is 0 Å². The largest absolute Gasteiger partial charge is 0.462 e. The zero-order valence-corrected chi connectivity index (χ0v) is 16.2. The van der Waals surface area contributed by atoms with Gasteiger partial charge < -0.3 is 19.4 Å². The zero-order chi connectivity index (χ0) is 19.1. The first-order chi connectivity index (χ1) is 13.7. The summed E-state index contributed by atoms with van der Waals surface area (Å²) in [5, 5.41) is 9.19. The molecular weight excluding hydrogens is 356 g/mol. The number of carbonyl (C=O) groups excluding carboxylic acids is 1. The van der Waals surface area contributed by atoms with E-state index in [1.807, 2.05) is 12.1 Å². The lowest BCUT2D eigenvalue weighted by Gasteiger charge is -2.51. The maximum atomic E-state index is 13.2. The number of aromatic amines is 1. The van der Waals surface area contributed by atoms with E-state index in [-0.39, 0.29) is 18.1 Å². The summed E-state index contributed by atoms with van der Waals surface area (Å²) in [7, 11) is 0. The second kappa shape index (κ2) is 7.04. The molecule has 1 aliphatic carbocycles. The Hall–Kier alpha value is -2.12. The molecule has 2 aromatic rings. The third-order valence-corrected chi connectivity index (χ3v) is 6.92. The Balaban J connectivity index is 1.35. The zero-order valence-electron chi connectivity index (χ0n) is 16.2. The third kappa shape index (κ3) is 2.88. The number of furan rings is 1. The van der Waals surface area contributed by atoms with Gasteiger partial charge in [0.1, 0.15) is 18.1 Å². The number of hydrogen-bond donors (Lipinski definition) is 2. The number of rotatable bonds is 4. The van der Waals surface area contributed by atoms with E-state index in [1.54, 1.807) is 6.33 Å². The molecule has 0 aromatic carbocycles. The number of piperidine rings is 1. The maximum absolute atomic E-state index is 13.2. The van der Waals surface area contributed by atoms with E-state index in [0.717, 1.165) is 69.7 Å². The smallest absolute Gasteiger partial charge is 0.226 e. The van der Waals surface area contributed by atoms with E-state index in [9.17, 15) is 9.90 Å². The van der Waals surface area contributed by atoms with E-state index in [2.05, 4.69) is 19.8 Å². The number of carbonyl (C=O) groups is 1. The van der Waals surface area contributed by atoms with Crippen molar-refractivity contribution in [2.24, 2.45) is 5.92 Å². The van der Waals surface area contributed by atoms with E-state index in [0.29, 0.717) is 11.7 Å². The normalized spacial score (nSPS) is 22.2. The predicted molar refractivity (Wildman–Crippen MR) is 102 cm³/mol. The van der Waals surface area contributed by atoms with Gasteiger partial charge in [-0.2, -0.15) is 0 Å². The van der Waals surface area contributed by atoms with Gasteiger partial charge in [0, 0.05) is 37.7 Å². The molecular formula is C21H28N4O3. The van der Waals surface area contributed by atoms with Gasteiger partial charge in [0.2, 0.25) is 5.91 Å². The van der Waals surface area contributed by atoms with Crippen LogP contribution in [0.25, 0.3) is 0 Å². The molecule has 28 heavy (non-hydrogen) atoms. The minimum atomic E-state index is -0.268. The highest BCUT2D eigenvalue weighted by atomic mass is 16.4. The van der Waals surface area contributed by atoms with Crippen molar-refractivity contribution in [3.63, 3.8) is 0 Å². The first kappa shape index (κ1) is 17.9. The van der Waals surface area contributed by atoms with E-state index in [1.165, 1.54) is 12.1 Å². The first-order valence-electron chi connectivity index (χ1n) is 10.4. The van der Waals surface area contributed by atoms with Gasteiger partial charge in [0.15, 0.2) is 0 Å². The van der Waals surface area contributed by atoms with Gasteiger partial charge in [0.05, 0.1) is 24.1 Å². The molecule has 4 heterocycles. The second-order valence-corrected chi connectivity index (χ2v) is 8.43. The topological polar surface area (TPSA) is 85.6 Å². The lowest BCUT2D eigenvalue weighted by Crippen LogP contribution is -2.59. The Morgan fingerprint density at radius 3 is 2.71 bits per heavy atom. The number of H-pyrrole nitrogens is 1. The molecule has 150 valence electrons. The van der Waals surface area contributed by atoms with Crippen LogP contribution in [-0.4, -0.2) is 50.4 Å². The van der Waals surface area contributed by atoms with Crippen LogP contribution in [0.2, 0.25) is 0 Å². The number of aliphatic hydroxyl groups is 1. The number of aliphatic hydroxyl groups excluding tert-OH is 1. The van der Waals surface area contributed by atoms with Crippen LogP contribution in [0.1, 0.15) is 55.0 Å². The summed E-state index contributed by atoms with van der Waals surface area (Å²) in [6.45, 7) is 3.26. The van der Waals surface area contributed by atoms with Crippen molar-refractivity contribution < 1.29 is 14.3 Å². The van der Waals surface area contributed by atoms with Crippen LogP contribution in [0.3, 0.4) is 0 Å². The number of nitrogens with one attached hydrogen (secondary N) is 1. The van der Waals surface area contributed by atoms with Crippen molar-refractivity contribution in [1.29, 1.82) is 0 Å². The van der Waals surface area contributed by atoms with Gasteiger partial charge in [-0.3, -0.25) is 9.69 Å². The molecule has 3 aliphatic rings. The van der Waals surface area contributed by atoms with Crippen molar-refractivity contribution in [2.45, 2.75) is 57.2 Å². The Labute approximate surface area is 164 Å². The molecule has 2 N–H and O–H groups in total. The molecule has 0 bridgehead atoms. The summed E-state index contributed by atoms with van der Waals surface area (Å²) in [4.78, 5) is 25.8. The fourth-order valence-electron chi connectivity index (χ4n) is 5.08. The Morgan fingerprint density at radius 1 is 1.25 bits per heavy atom. The average molecular weight is 384 g/mol. The summed E-state index contributed by atoms with van der Waals surface area (Å²) >= 11 is 0. The molecule has 0 unspecified atom stereocenters. The number of aromatic nitrogens is 2. The fourth-order valence-corrected chi connectivity index (χ4v) is 5.08. The van der Waals surface area contributed by atoms with Crippen LogP contribution in [0.4, 0.5) is 0 Å². The van der Waals surface area contributed by atoms with Gasteiger partial charge in [0.25, 0.3) is 0 Å². The lowest BCUT2D eigenvalue weighted by atomic mass is 9.76. The van der Waals surface area contributed by atoms with Gasteiger partial charge in [-0.05, 0) is 37.8 Å². The number of fused-ring (bicyclic) bond motifs is 2. The van der Waals surface area contributed by atoms with Crippen LogP contribution in [-0.2, 0) is 29.9 Å². The molecule has 2 aromatic heterocycles. The molecule has 5 rings (SSSR count). The predicted octanol–water partition coefficient (Wildman–Crippen LogP) is 2.17. The number of hydrogen-bond acceptors (Lipinski definition) is 5. The minimum Gasteiger partial charge on any atom is -0.462 e. The molecule has 0 radical (unpaired) electrons. The summed E-state index contributed by atoms with van der Waals surface area (Å²) in [6.07, 6.45) is 7.71. The molecule has 2 fully saturated rings. The molecule has 2 aliphatic heterocycles.